The van der Waals surface area contributed by atoms with Gasteiger partial charge in [-0.2, -0.15) is 10.1 Å². The predicted octanol–water partition coefficient (Wildman–Crippen LogP) is 1.31. The second-order valence-electron chi connectivity index (χ2n) is 4.08. The van der Waals surface area contributed by atoms with E-state index in [1.165, 1.54) is 6.20 Å². The van der Waals surface area contributed by atoms with Crippen molar-refractivity contribution < 1.29 is 9.53 Å². The molecule has 0 radical (unpaired) electrons. The molecule has 90 valence electrons. The molecule has 2 heterocycles. The monoisotopic (exact) mass is 234 g/mol. The van der Waals surface area contributed by atoms with E-state index >= 15 is 0 Å². The summed E-state index contributed by atoms with van der Waals surface area (Å²) in [6.07, 6.45) is 1.32. The van der Waals surface area contributed by atoms with Crippen molar-refractivity contribution in [3.05, 3.63) is 23.3 Å². The molecule has 0 saturated carbocycles. The van der Waals surface area contributed by atoms with Gasteiger partial charge < -0.3 is 4.74 Å². The first-order valence-electron chi connectivity index (χ1n) is 5.39. The summed E-state index contributed by atoms with van der Waals surface area (Å²) in [5.74, 6) is 0.719. The van der Waals surface area contributed by atoms with Crippen molar-refractivity contribution in [2.45, 2.75) is 33.8 Å². The van der Waals surface area contributed by atoms with Crippen LogP contribution >= 0.6 is 0 Å². The van der Waals surface area contributed by atoms with Gasteiger partial charge in [0.2, 0.25) is 0 Å². The zero-order valence-corrected chi connectivity index (χ0v) is 10.3. The summed E-state index contributed by atoms with van der Waals surface area (Å²) in [4.78, 5) is 20.0. The molecule has 0 spiro atoms. The smallest absolute Gasteiger partial charge is 0.341 e. The van der Waals surface area contributed by atoms with Gasteiger partial charge in [0.15, 0.2) is 0 Å². The molecule has 6 heteroatoms. The Morgan fingerprint density at radius 3 is 2.76 bits per heavy atom. The Labute approximate surface area is 98.6 Å². The highest BCUT2D eigenvalue weighted by molar-refractivity contribution is 5.90. The van der Waals surface area contributed by atoms with Crippen molar-refractivity contribution in [3.63, 3.8) is 0 Å². The Balaban J connectivity index is 2.48. The first-order valence-corrected chi connectivity index (χ1v) is 5.39. The van der Waals surface area contributed by atoms with E-state index in [0.717, 1.165) is 0 Å². The van der Waals surface area contributed by atoms with Gasteiger partial charge in [-0.05, 0) is 27.7 Å². The fourth-order valence-electron chi connectivity index (χ4n) is 1.52. The maximum Gasteiger partial charge on any atom is 0.341 e. The predicted molar refractivity (Wildman–Crippen MR) is 60.8 cm³/mol. The number of esters is 1. The molecule has 0 amide bonds. The molecule has 0 N–H and O–H groups in total. The van der Waals surface area contributed by atoms with E-state index in [4.69, 9.17) is 4.74 Å². The lowest BCUT2D eigenvalue weighted by Gasteiger charge is -2.09. The largest absolute Gasteiger partial charge is 0.459 e. The topological polar surface area (TPSA) is 69.4 Å². The van der Waals surface area contributed by atoms with Gasteiger partial charge in [0, 0.05) is 6.20 Å². The van der Waals surface area contributed by atoms with E-state index < -0.39 is 0 Å². The van der Waals surface area contributed by atoms with Crippen LogP contribution in [0.5, 0.6) is 0 Å². The van der Waals surface area contributed by atoms with Gasteiger partial charge >= 0.3 is 5.97 Å². The molecule has 0 aromatic carbocycles. The van der Waals surface area contributed by atoms with Crippen LogP contribution in [0.3, 0.4) is 0 Å². The number of hydrogen-bond donors (Lipinski definition) is 0. The lowest BCUT2D eigenvalue weighted by molar-refractivity contribution is 0.0375. The van der Waals surface area contributed by atoms with Crippen molar-refractivity contribution in [2.24, 2.45) is 0 Å². The number of carbonyl (C=O) groups is 1. The molecular formula is C11H14N4O2. The molecule has 0 saturated heterocycles. The minimum Gasteiger partial charge on any atom is -0.459 e. The third-order valence-corrected chi connectivity index (χ3v) is 2.28. The SMILES string of the molecule is Cc1nc2ncc(C(=O)OC(C)C)c(C)n2n1. The Morgan fingerprint density at radius 1 is 1.41 bits per heavy atom. The third kappa shape index (κ3) is 2.11. The van der Waals surface area contributed by atoms with Crippen LogP contribution in [0, 0.1) is 13.8 Å². The third-order valence-electron chi connectivity index (χ3n) is 2.28. The van der Waals surface area contributed by atoms with Crippen LogP contribution in [0.25, 0.3) is 5.78 Å². The van der Waals surface area contributed by atoms with Gasteiger partial charge in [-0.15, -0.1) is 0 Å². The number of carbonyl (C=O) groups excluding carboxylic acids is 1. The van der Waals surface area contributed by atoms with Gasteiger partial charge in [0.1, 0.15) is 5.82 Å². The normalized spacial score (nSPS) is 11.1. The molecule has 0 aliphatic heterocycles. The molecule has 0 bridgehead atoms. The maximum atomic E-state index is 11.8. The highest BCUT2D eigenvalue weighted by Crippen LogP contribution is 2.10. The van der Waals surface area contributed by atoms with Crippen molar-refractivity contribution in [2.75, 3.05) is 0 Å². The summed E-state index contributed by atoms with van der Waals surface area (Å²) in [5.41, 5.74) is 1.09. The minimum absolute atomic E-state index is 0.157. The Hall–Kier alpha value is -1.98. The number of aryl methyl sites for hydroxylation is 2. The number of fused-ring (bicyclic) bond motifs is 1. The maximum absolute atomic E-state index is 11.8. The average Bonchev–Trinajstić information content (AvgIpc) is 2.58. The molecule has 2 aromatic rings. The highest BCUT2D eigenvalue weighted by atomic mass is 16.5. The van der Waals surface area contributed by atoms with Crippen molar-refractivity contribution in [1.29, 1.82) is 0 Å². The summed E-state index contributed by atoms with van der Waals surface area (Å²) in [6, 6.07) is 0. The lowest BCUT2D eigenvalue weighted by Crippen LogP contribution is -2.15. The van der Waals surface area contributed by atoms with Crippen molar-refractivity contribution >= 4 is 11.7 Å². The standard InChI is InChI=1S/C11H14N4O2/c1-6(2)17-10(16)9-5-12-11-13-8(4)14-15(11)7(9)3/h5-6H,1-4H3. The molecule has 0 fully saturated rings. The van der Waals surface area contributed by atoms with Crippen molar-refractivity contribution in [1.82, 2.24) is 19.6 Å². The summed E-state index contributed by atoms with van der Waals surface area (Å²) >= 11 is 0. The molecule has 0 aliphatic rings. The average molecular weight is 234 g/mol. The number of ether oxygens (including phenoxy) is 1. The second kappa shape index (κ2) is 4.12. The van der Waals surface area contributed by atoms with E-state index in [1.807, 2.05) is 0 Å². The van der Waals surface area contributed by atoms with E-state index in [1.54, 1.807) is 32.2 Å². The molecule has 6 nitrogen and oxygen atoms in total. The highest BCUT2D eigenvalue weighted by Gasteiger charge is 2.16. The summed E-state index contributed by atoms with van der Waals surface area (Å²) in [5, 5.41) is 4.17. The first kappa shape index (κ1) is 11.5. The molecule has 0 aliphatic carbocycles. The van der Waals surface area contributed by atoms with E-state index in [9.17, 15) is 4.79 Å². The van der Waals surface area contributed by atoms with E-state index in [-0.39, 0.29) is 12.1 Å². The van der Waals surface area contributed by atoms with Gasteiger partial charge in [-0.3, -0.25) is 0 Å². The number of rotatable bonds is 2. The number of aromatic nitrogens is 4. The zero-order valence-electron chi connectivity index (χ0n) is 10.3. The molecule has 2 rings (SSSR count). The van der Waals surface area contributed by atoms with Crippen LogP contribution in [0.4, 0.5) is 0 Å². The van der Waals surface area contributed by atoms with Crippen LogP contribution in [0.2, 0.25) is 0 Å². The van der Waals surface area contributed by atoms with E-state index in [0.29, 0.717) is 22.9 Å². The quantitative estimate of drug-likeness (QED) is 0.733. The fraction of sp³-hybridized carbons (Fsp3) is 0.455. The van der Waals surface area contributed by atoms with Crippen LogP contribution in [0.15, 0.2) is 6.20 Å². The van der Waals surface area contributed by atoms with Crippen LogP contribution < -0.4 is 0 Å². The minimum atomic E-state index is -0.389. The van der Waals surface area contributed by atoms with Gasteiger partial charge in [0.25, 0.3) is 5.78 Å². The molecular weight excluding hydrogens is 220 g/mol. The van der Waals surface area contributed by atoms with Gasteiger partial charge in [0.05, 0.1) is 17.4 Å². The summed E-state index contributed by atoms with van der Waals surface area (Å²) in [6.45, 7) is 7.18. The summed E-state index contributed by atoms with van der Waals surface area (Å²) in [7, 11) is 0. The Kier molecular flexibility index (Phi) is 2.79. The molecule has 0 unspecified atom stereocenters. The van der Waals surface area contributed by atoms with Gasteiger partial charge in [-0.1, -0.05) is 0 Å². The van der Waals surface area contributed by atoms with Crippen molar-refractivity contribution in [3.8, 4) is 0 Å². The lowest BCUT2D eigenvalue weighted by atomic mass is 10.2. The molecule has 2 aromatic heterocycles. The van der Waals surface area contributed by atoms with Gasteiger partial charge in [-0.25, -0.2) is 14.3 Å². The Bertz CT molecular complexity index is 574. The van der Waals surface area contributed by atoms with Crippen LogP contribution in [-0.2, 0) is 4.74 Å². The van der Waals surface area contributed by atoms with E-state index in [2.05, 4.69) is 15.1 Å². The molecule has 0 atom stereocenters. The summed E-state index contributed by atoms with van der Waals surface area (Å²) < 4.78 is 6.68. The Morgan fingerprint density at radius 2 is 2.12 bits per heavy atom. The number of nitrogens with zero attached hydrogens (tertiary/aromatic N) is 4. The van der Waals surface area contributed by atoms with Crippen LogP contribution in [0.1, 0.15) is 35.7 Å². The second-order valence-corrected chi connectivity index (χ2v) is 4.08. The molecule has 17 heavy (non-hydrogen) atoms. The van der Waals surface area contributed by atoms with Crippen LogP contribution in [-0.4, -0.2) is 31.7 Å². The fourth-order valence-corrected chi connectivity index (χ4v) is 1.52. The number of hydrogen-bond acceptors (Lipinski definition) is 5. The zero-order chi connectivity index (χ0) is 12.6. The first-order chi connectivity index (χ1) is 7.99.